The van der Waals surface area contributed by atoms with Crippen molar-refractivity contribution in [3.63, 3.8) is 0 Å². The van der Waals surface area contributed by atoms with Crippen molar-refractivity contribution >= 4 is 18.0 Å². The zero-order chi connectivity index (χ0) is 16.8. The number of anilines is 1. The Morgan fingerprint density at radius 3 is 2.64 bits per heavy atom. The number of alkyl halides is 3. The number of nitrogens with two attached hydrogens (primary N) is 1. The lowest BCUT2D eigenvalue weighted by atomic mass is 9.91. The number of halogens is 3. The first-order chi connectivity index (χ1) is 10.3. The third kappa shape index (κ3) is 4.94. The second-order valence-corrected chi connectivity index (χ2v) is 5.12. The minimum absolute atomic E-state index is 0.00248. The lowest BCUT2D eigenvalue weighted by Crippen LogP contribution is -2.21. The van der Waals surface area contributed by atoms with E-state index in [0.717, 1.165) is 19.0 Å². The molecule has 8 heteroatoms. The minimum Gasteiger partial charge on any atom is -0.372 e. The molecule has 0 aliphatic carbocycles. The van der Waals surface area contributed by atoms with E-state index in [1.54, 1.807) is 6.21 Å². The Morgan fingerprint density at radius 2 is 2.14 bits per heavy atom. The highest BCUT2D eigenvalue weighted by Gasteiger charge is 2.35. The summed E-state index contributed by atoms with van der Waals surface area (Å²) in [6.07, 6.45) is -0.201. The molecule has 2 unspecified atom stereocenters. The van der Waals surface area contributed by atoms with Crippen LogP contribution >= 0.6 is 0 Å². The molecule has 1 aromatic rings. The summed E-state index contributed by atoms with van der Waals surface area (Å²) in [7, 11) is 1.38. The van der Waals surface area contributed by atoms with Crippen LogP contribution in [-0.4, -0.2) is 29.8 Å². The summed E-state index contributed by atoms with van der Waals surface area (Å²) in [5.74, 6) is 0.108. The number of aromatic nitrogens is 2. The largest absolute Gasteiger partial charge is 0.421 e. The molecule has 0 fully saturated rings. The van der Waals surface area contributed by atoms with Gasteiger partial charge in [0.2, 0.25) is 0 Å². The molecule has 124 valence electrons. The van der Waals surface area contributed by atoms with E-state index < -0.39 is 11.7 Å². The molecule has 22 heavy (non-hydrogen) atoms. The highest BCUT2D eigenvalue weighted by atomic mass is 19.4. The molecule has 0 radical (unpaired) electrons. The molecule has 0 aromatic carbocycles. The molecule has 1 aromatic heterocycles. The average Bonchev–Trinajstić information content (AvgIpc) is 2.49. The standard InChI is InChI=1S/C14H22F3N5/c1-4-5-10(9(2)6-18)7-20-13-21-8-11(14(15,16)17)12(19-3)22-13/h7-10H,4-6,18H2,1-3H3,(H,19,21,22). The van der Waals surface area contributed by atoms with Crippen molar-refractivity contribution < 1.29 is 13.2 Å². The zero-order valence-corrected chi connectivity index (χ0v) is 13.0. The molecule has 0 saturated heterocycles. The van der Waals surface area contributed by atoms with Crippen molar-refractivity contribution in [2.45, 2.75) is 32.9 Å². The molecule has 0 aliphatic rings. The highest BCUT2D eigenvalue weighted by molar-refractivity contribution is 5.64. The number of nitrogens with one attached hydrogen (secondary N) is 1. The van der Waals surface area contributed by atoms with E-state index >= 15 is 0 Å². The third-order valence-electron chi connectivity index (χ3n) is 3.42. The van der Waals surface area contributed by atoms with Gasteiger partial charge in [0, 0.05) is 19.5 Å². The molecule has 3 N–H and O–H groups in total. The molecule has 0 aliphatic heterocycles. The van der Waals surface area contributed by atoms with Crippen molar-refractivity contribution in [2.24, 2.45) is 22.6 Å². The minimum atomic E-state index is -4.50. The van der Waals surface area contributed by atoms with Crippen molar-refractivity contribution in [3.05, 3.63) is 11.8 Å². The van der Waals surface area contributed by atoms with Crippen LogP contribution < -0.4 is 11.1 Å². The maximum absolute atomic E-state index is 12.8. The predicted molar refractivity (Wildman–Crippen MR) is 81.3 cm³/mol. The van der Waals surface area contributed by atoms with Crippen molar-refractivity contribution in [1.82, 2.24) is 9.97 Å². The topological polar surface area (TPSA) is 76.2 Å². The molecule has 0 bridgehead atoms. The van der Waals surface area contributed by atoms with Gasteiger partial charge in [-0.05, 0) is 24.8 Å². The summed E-state index contributed by atoms with van der Waals surface area (Å²) in [6, 6.07) is 0. The number of hydrogen-bond donors (Lipinski definition) is 2. The van der Waals surface area contributed by atoms with E-state index in [0.29, 0.717) is 6.54 Å². The fourth-order valence-corrected chi connectivity index (χ4v) is 2.01. The fraction of sp³-hybridized carbons (Fsp3) is 0.643. The molecule has 0 amide bonds. The summed E-state index contributed by atoms with van der Waals surface area (Å²) >= 11 is 0. The Morgan fingerprint density at radius 1 is 1.45 bits per heavy atom. The Labute approximate surface area is 128 Å². The molecule has 0 spiro atoms. The Balaban J connectivity index is 3.00. The summed E-state index contributed by atoms with van der Waals surface area (Å²) in [4.78, 5) is 11.6. The molecule has 1 heterocycles. The first-order valence-corrected chi connectivity index (χ1v) is 7.19. The Hall–Kier alpha value is -1.70. The van der Waals surface area contributed by atoms with Gasteiger partial charge < -0.3 is 11.1 Å². The number of hydrogen-bond acceptors (Lipinski definition) is 5. The van der Waals surface area contributed by atoms with E-state index in [4.69, 9.17) is 5.73 Å². The van der Waals surface area contributed by atoms with Crippen LogP contribution in [0.15, 0.2) is 11.2 Å². The van der Waals surface area contributed by atoms with Crippen LogP contribution in [0.4, 0.5) is 24.9 Å². The van der Waals surface area contributed by atoms with Crippen molar-refractivity contribution in [2.75, 3.05) is 18.9 Å². The predicted octanol–water partition coefficient (Wildman–Crippen LogP) is 3.25. The summed E-state index contributed by atoms with van der Waals surface area (Å²) in [5.41, 5.74) is 4.75. The van der Waals surface area contributed by atoms with E-state index in [1.165, 1.54) is 7.05 Å². The lowest BCUT2D eigenvalue weighted by Gasteiger charge is -2.17. The van der Waals surface area contributed by atoms with Gasteiger partial charge in [0.05, 0.1) is 0 Å². The van der Waals surface area contributed by atoms with Crippen LogP contribution in [0.1, 0.15) is 32.3 Å². The Kier molecular flexibility index (Phi) is 6.73. The monoisotopic (exact) mass is 317 g/mol. The second-order valence-electron chi connectivity index (χ2n) is 5.12. The smallest absolute Gasteiger partial charge is 0.372 e. The SMILES string of the molecule is CCCC(C=Nc1ncc(C(F)(F)F)c(NC)n1)C(C)CN. The molecule has 1 rings (SSSR count). The first-order valence-electron chi connectivity index (χ1n) is 7.19. The lowest BCUT2D eigenvalue weighted by molar-refractivity contribution is -0.137. The van der Waals surface area contributed by atoms with Crippen LogP contribution in [0.3, 0.4) is 0 Å². The normalized spacial score (nSPS) is 15.0. The molecular formula is C14H22F3N5. The summed E-state index contributed by atoms with van der Waals surface area (Å²) in [5, 5.41) is 2.42. The summed E-state index contributed by atoms with van der Waals surface area (Å²) < 4.78 is 38.3. The molecule has 0 saturated carbocycles. The van der Waals surface area contributed by atoms with Gasteiger partial charge in [-0.1, -0.05) is 20.3 Å². The van der Waals surface area contributed by atoms with Gasteiger partial charge in [0.25, 0.3) is 5.95 Å². The van der Waals surface area contributed by atoms with Gasteiger partial charge in [-0.15, -0.1) is 0 Å². The number of aliphatic imine (C=N–C) groups is 1. The van der Waals surface area contributed by atoms with Gasteiger partial charge in [0.1, 0.15) is 11.4 Å². The van der Waals surface area contributed by atoms with Gasteiger partial charge in [-0.2, -0.15) is 18.2 Å². The van der Waals surface area contributed by atoms with E-state index in [1.807, 2.05) is 6.92 Å². The van der Waals surface area contributed by atoms with Crippen LogP contribution in [0.5, 0.6) is 0 Å². The van der Waals surface area contributed by atoms with Gasteiger partial charge in [-0.3, -0.25) is 0 Å². The third-order valence-corrected chi connectivity index (χ3v) is 3.42. The second kappa shape index (κ2) is 8.07. The van der Waals surface area contributed by atoms with Crippen LogP contribution in [0.25, 0.3) is 0 Å². The maximum atomic E-state index is 12.8. The average molecular weight is 317 g/mol. The molecule has 5 nitrogen and oxygen atoms in total. The zero-order valence-electron chi connectivity index (χ0n) is 13.0. The van der Waals surface area contributed by atoms with Gasteiger partial charge in [-0.25, -0.2) is 9.98 Å². The van der Waals surface area contributed by atoms with E-state index in [-0.39, 0.29) is 23.6 Å². The van der Waals surface area contributed by atoms with Crippen molar-refractivity contribution in [3.8, 4) is 0 Å². The van der Waals surface area contributed by atoms with Crippen LogP contribution in [-0.2, 0) is 6.18 Å². The molecule has 2 atom stereocenters. The number of rotatable bonds is 7. The van der Waals surface area contributed by atoms with E-state index in [9.17, 15) is 13.2 Å². The quantitative estimate of drug-likeness (QED) is 0.757. The summed E-state index contributed by atoms with van der Waals surface area (Å²) in [6.45, 7) is 4.59. The van der Waals surface area contributed by atoms with Crippen LogP contribution in [0.2, 0.25) is 0 Å². The Bertz CT molecular complexity index is 502. The van der Waals surface area contributed by atoms with Crippen molar-refractivity contribution in [1.29, 1.82) is 0 Å². The molecular weight excluding hydrogens is 295 g/mol. The first kappa shape index (κ1) is 18.3. The van der Waals surface area contributed by atoms with Gasteiger partial charge >= 0.3 is 6.18 Å². The van der Waals surface area contributed by atoms with E-state index in [2.05, 4.69) is 27.2 Å². The van der Waals surface area contributed by atoms with Crippen LogP contribution in [0, 0.1) is 11.8 Å². The van der Waals surface area contributed by atoms with Gasteiger partial charge in [0.15, 0.2) is 0 Å². The fourth-order valence-electron chi connectivity index (χ4n) is 2.01. The maximum Gasteiger partial charge on any atom is 0.421 e. The highest BCUT2D eigenvalue weighted by Crippen LogP contribution is 2.33. The number of nitrogens with zero attached hydrogens (tertiary/aromatic N) is 3.